The molecule has 2 heterocycles. The highest BCUT2D eigenvalue weighted by atomic mass is 16.5. The second-order valence-corrected chi connectivity index (χ2v) is 7.89. The van der Waals surface area contributed by atoms with Crippen molar-refractivity contribution in [3.63, 3.8) is 0 Å². The van der Waals surface area contributed by atoms with Gasteiger partial charge in [-0.15, -0.1) is 0 Å². The molecule has 1 saturated heterocycles. The van der Waals surface area contributed by atoms with E-state index in [0.717, 1.165) is 30.0 Å². The number of piperidine rings is 1. The van der Waals surface area contributed by atoms with Crippen LogP contribution in [-0.2, 0) is 4.79 Å². The van der Waals surface area contributed by atoms with Gasteiger partial charge < -0.3 is 14.5 Å². The molecule has 0 radical (unpaired) electrons. The first-order valence-corrected chi connectivity index (χ1v) is 10.9. The first-order valence-electron chi connectivity index (χ1n) is 10.9. The second kappa shape index (κ2) is 9.27. The van der Waals surface area contributed by atoms with E-state index >= 15 is 0 Å². The first kappa shape index (κ1) is 19.7. The van der Waals surface area contributed by atoms with Crippen molar-refractivity contribution in [2.45, 2.75) is 45.1 Å². The second-order valence-electron chi connectivity index (χ2n) is 7.89. The fraction of sp³-hybridized carbons (Fsp3) is 0.400. The Kier molecular flexibility index (Phi) is 6.30. The minimum atomic E-state index is -0.0572. The number of likely N-dealkylation sites (tertiary alicyclic amines) is 1. The van der Waals surface area contributed by atoms with Gasteiger partial charge in [0.05, 0.1) is 5.69 Å². The molecule has 0 N–H and O–H groups in total. The third-order valence-corrected chi connectivity index (χ3v) is 5.98. The van der Waals surface area contributed by atoms with Crippen molar-refractivity contribution >= 4 is 17.7 Å². The quantitative estimate of drug-likeness (QED) is 0.643. The van der Waals surface area contributed by atoms with Gasteiger partial charge in [-0.1, -0.05) is 55.8 Å². The minimum absolute atomic E-state index is 0.0572. The number of hydrogen-bond donors (Lipinski definition) is 0. The SMILES string of the molecule is CCC1CCCCN1CCCN1C(=O)C(=Cc2ccccc2)Oc2ccccc21. The van der Waals surface area contributed by atoms with Gasteiger partial charge >= 0.3 is 0 Å². The van der Waals surface area contributed by atoms with Gasteiger partial charge in [-0.25, -0.2) is 0 Å². The standard InChI is InChI=1S/C25H30N2O2/c1-2-21-13-8-9-16-26(21)17-10-18-27-22-14-6-7-15-23(22)29-24(25(27)28)19-20-11-4-3-5-12-20/h3-7,11-12,14-15,19,21H,2,8-10,13,16-18H2,1H3. The molecule has 2 aromatic carbocycles. The van der Waals surface area contributed by atoms with Crippen molar-refractivity contribution in [3.05, 3.63) is 65.9 Å². The zero-order chi connectivity index (χ0) is 20.1. The van der Waals surface area contributed by atoms with E-state index in [-0.39, 0.29) is 5.91 Å². The van der Waals surface area contributed by atoms with E-state index < -0.39 is 0 Å². The third-order valence-electron chi connectivity index (χ3n) is 5.98. The largest absolute Gasteiger partial charge is 0.449 e. The maximum absolute atomic E-state index is 13.2. The maximum atomic E-state index is 13.2. The van der Waals surface area contributed by atoms with Gasteiger partial charge in [-0.05, 0) is 56.0 Å². The van der Waals surface area contributed by atoms with E-state index in [1.54, 1.807) is 0 Å². The van der Waals surface area contributed by atoms with Crippen LogP contribution in [0.1, 0.15) is 44.6 Å². The lowest BCUT2D eigenvalue weighted by molar-refractivity contribution is -0.117. The number of amides is 1. The highest BCUT2D eigenvalue weighted by Crippen LogP contribution is 2.35. The molecule has 4 nitrogen and oxygen atoms in total. The summed E-state index contributed by atoms with van der Waals surface area (Å²) in [5.41, 5.74) is 1.84. The minimum Gasteiger partial charge on any atom is -0.449 e. The van der Waals surface area contributed by atoms with Crippen molar-refractivity contribution in [1.29, 1.82) is 0 Å². The van der Waals surface area contributed by atoms with Crippen LogP contribution in [0.2, 0.25) is 0 Å². The normalized spacial score (nSPS) is 21.1. The van der Waals surface area contributed by atoms with E-state index in [1.165, 1.54) is 32.2 Å². The maximum Gasteiger partial charge on any atom is 0.294 e. The van der Waals surface area contributed by atoms with E-state index in [0.29, 0.717) is 18.3 Å². The topological polar surface area (TPSA) is 32.8 Å². The number of nitrogens with zero attached hydrogens (tertiary/aromatic N) is 2. The fourth-order valence-corrected chi connectivity index (χ4v) is 4.43. The van der Waals surface area contributed by atoms with E-state index in [1.807, 2.05) is 65.6 Å². The van der Waals surface area contributed by atoms with Gasteiger partial charge in [-0.3, -0.25) is 4.79 Å². The lowest BCUT2D eigenvalue weighted by Gasteiger charge is -2.36. The zero-order valence-corrected chi connectivity index (χ0v) is 17.2. The number of hydrogen-bond acceptors (Lipinski definition) is 3. The molecule has 29 heavy (non-hydrogen) atoms. The Bertz CT molecular complexity index is 862. The molecule has 2 aliphatic rings. The van der Waals surface area contributed by atoms with Crippen LogP contribution in [0.25, 0.3) is 6.08 Å². The van der Waals surface area contributed by atoms with Gasteiger partial charge in [-0.2, -0.15) is 0 Å². The summed E-state index contributed by atoms with van der Waals surface area (Å²) >= 11 is 0. The molecule has 1 unspecified atom stereocenters. The predicted octanol–water partition coefficient (Wildman–Crippen LogP) is 5.11. The third kappa shape index (κ3) is 4.54. The average molecular weight is 391 g/mol. The van der Waals surface area contributed by atoms with Crippen molar-refractivity contribution in [3.8, 4) is 5.75 Å². The molecule has 0 aromatic heterocycles. The predicted molar refractivity (Wildman–Crippen MR) is 118 cm³/mol. The number of carbonyl (C=O) groups excluding carboxylic acids is 1. The molecule has 1 fully saturated rings. The highest BCUT2D eigenvalue weighted by Gasteiger charge is 2.30. The van der Waals surface area contributed by atoms with E-state index in [2.05, 4.69) is 11.8 Å². The highest BCUT2D eigenvalue weighted by molar-refractivity contribution is 6.09. The van der Waals surface area contributed by atoms with Crippen molar-refractivity contribution in [2.75, 3.05) is 24.5 Å². The Morgan fingerprint density at radius 3 is 2.66 bits per heavy atom. The number of ether oxygens (including phenoxy) is 1. The molecule has 0 bridgehead atoms. The van der Waals surface area contributed by atoms with E-state index in [9.17, 15) is 4.79 Å². The first-order chi connectivity index (χ1) is 14.3. The fourth-order valence-electron chi connectivity index (χ4n) is 4.43. The molecule has 0 spiro atoms. The van der Waals surface area contributed by atoms with Crippen molar-refractivity contribution < 1.29 is 9.53 Å². The van der Waals surface area contributed by atoms with Crippen LogP contribution in [0.3, 0.4) is 0 Å². The van der Waals surface area contributed by atoms with Crippen molar-refractivity contribution in [2.24, 2.45) is 0 Å². The van der Waals surface area contributed by atoms with Crippen LogP contribution in [0.15, 0.2) is 60.4 Å². The van der Waals surface area contributed by atoms with Gasteiger partial charge in [0.25, 0.3) is 5.91 Å². The number of benzene rings is 2. The van der Waals surface area contributed by atoms with Crippen LogP contribution in [0, 0.1) is 0 Å². The molecular formula is C25H30N2O2. The molecule has 2 aromatic rings. The Labute approximate surface area is 173 Å². The summed E-state index contributed by atoms with van der Waals surface area (Å²) in [5, 5.41) is 0. The average Bonchev–Trinajstić information content (AvgIpc) is 2.77. The van der Waals surface area contributed by atoms with Crippen LogP contribution < -0.4 is 9.64 Å². The molecule has 2 aliphatic heterocycles. The molecular weight excluding hydrogens is 360 g/mol. The van der Waals surface area contributed by atoms with E-state index in [4.69, 9.17) is 4.74 Å². The smallest absolute Gasteiger partial charge is 0.294 e. The van der Waals surface area contributed by atoms with Gasteiger partial charge in [0.2, 0.25) is 0 Å². The summed E-state index contributed by atoms with van der Waals surface area (Å²) in [4.78, 5) is 17.7. The van der Waals surface area contributed by atoms with Gasteiger partial charge in [0.15, 0.2) is 11.5 Å². The lowest BCUT2D eigenvalue weighted by Crippen LogP contribution is -2.42. The number of rotatable bonds is 6. The van der Waals surface area contributed by atoms with Crippen LogP contribution in [-0.4, -0.2) is 36.5 Å². The Morgan fingerprint density at radius 1 is 1.03 bits per heavy atom. The number of para-hydroxylation sites is 2. The number of carbonyl (C=O) groups is 1. The summed E-state index contributed by atoms with van der Waals surface area (Å²) in [6, 6.07) is 18.4. The Hall–Kier alpha value is -2.59. The molecule has 152 valence electrons. The Balaban J connectivity index is 1.50. The van der Waals surface area contributed by atoms with Crippen LogP contribution in [0.4, 0.5) is 5.69 Å². The monoisotopic (exact) mass is 390 g/mol. The Morgan fingerprint density at radius 2 is 1.83 bits per heavy atom. The lowest BCUT2D eigenvalue weighted by atomic mass is 10.00. The number of anilines is 1. The summed E-state index contributed by atoms with van der Waals surface area (Å²) in [6.07, 6.45) is 7.96. The summed E-state index contributed by atoms with van der Waals surface area (Å²) in [6.45, 7) is 5.22. The molecule has 1 amide bonds. The summed E-state index contributed by atoms with van der Waals surface area (Å²) < 4.78 is 5.97. The molecule has 4 heteroatoms. The van der Waals surface area contributed by atoms with Crippen LogP contribution in [0.5, 0.6) is 5.75 Å². The van der Waals surface area contributed by atoms with Gasteiger partial charge in [0.1, 0.15) is 0 Å². The summed E-state index contributed by atoms with van der Waals surface area (Å²) in [5.74, 6) is 1.08. The molecule has 0 aliphatic carbocycles. The molecule has 4 rings (SSSR count). The number of fused-ring (bicyclic) bond motifs is 1. The molecule has 0 saturated carbocycles. The van der Waals surface area contributed by atoms with Crippen molar-refractivity contribution in [1.82, 2.24) is 4.90 Å². The van der Waals surface area contributed by atoms with Gasteiger partial charge in [0, 0.05) is 19.1 Å². The molecule has 1 atom stereocenters. The summed E-state index contributed by atoms with van der Waals surface area (Å²) in [7, 11) is 0. The zero-order valence-electron chi connectivity index (χ0n) is 17.2. The van der Waals surface area contributed by atoms with Crippen LogP contribution >= 0.6 is 0 Å².